The SMILES string of the molecule is CCCCCCCCCCCC(=O)OC(C)SC#N. The van der Waals surface area contributed by atoms with Crippen LogP contribution in [-0.2, 0) is 9.53 Å². The molecule has 0 saturated heterocycles. The summed E-state index contributed by atoms with van der Waals surface area (Å²) in [6.45, 7) is 3.96. The van der Waals surface area contributed by atoms with Crippen molar-refractivity contribution in [3.8, 4) is 5.40 Å². The molecule has 4 heteroatoms. The lowest BCUT2D eigenvalue weighted by molar-refractivity contribution is -0.144. The number of ether oxygens (including phenoxy) is 1. The number of carbonyl (C=O) groups excluding carboxylic acids is 1. The van der Waals surface area contributed by atoms with Crippen molar-refractivity contribution in [2.24, 2.45) is 0 Å². The number of carbonyl (C=O) groups is 1. The highest BCUT2D eigenvalue weighted by Crippen LogP contribution is 2.13. The summed E-state index contributed by atoms with van der Waals surface area (Å²) in [5.41, 5.74) is -0.351. The van der Waals surface area contributed by atoms with Gasteiger partial charge in [-0.05, 0) is 25.1 Å². The fraction of sp³-hybridized carbons (Fsp3) is 0.867. The van der Waals surface area contributed by atoms with Crippen molar-refractivity contribution in [3.05, 3.63) is 0 Å². The van der Waals surface area contributed by atoms with Crippen LogP contribution in [0.4, 0.5) is 0 Å². The molecule has 0 spiro atoms. The maximum Gasteiger partial charge on any atom is 0.306 e. The highest BCUT2D eigenvalue weighted by atomic mass is 32.2. The van der Waals surface area contributed by atoms with Crippen LogP contribution in [0.25, 0.3) is 0 Å². The topological polar surface area (TPSA) is 50.1 Å². The predicted octanol–water partition coefficient (Wildman–Crippen LogP) is 5.01. The van der Waals surface area contributed by atoms with Crippen molar-refractivity contribution < 1.29 is 9.53 Å². The molecule has 0 saturated carbocycles. The molecule has 0 bridgehead atoms. The van der Waals surface area contributed by atoms with Crippen molar-refractivity contribution in [1.29, 1.82) is 5.26 Å². The van der Waals surface area contributed by atoms with E-state index in [9.17, 15) is 4.79 Å². The molecule has 0 radical (unpaired) electrons. The van der Waals surface area contributed by atoms with Crippen LogP contribution in [0.2, 0.25) is 0 Å². The summed E-state index contributed by atoms with van der Waals surface area (Å²) < 4.78 is 5.06. The van der Waals surface area contributed by atoms with Gasteiger partial charge in [-0.15, -0.1) is 0 Å². The van der Waals surface area contributed by atoms with Gasteiger partial charge < -0.3 is 4.74 Å². The number of nitriles is 1. The Labute approximate surface area is 122 Å². The molecule has 0 N–H and O–H groups in total. The van der Waals surface area contributed by atoms with Crippen LogP contribution in [0, 0.1) is 10.7 Å². The van der Waals surface area contributed by atoms with Crippen molar-refractivity contribution >= 4 is 17.7 Å². The van der Waals surface area contributed by atoms with E-state index in [1.54, 1.807) is 6.92 Å². The largest absolute Gasteiger partial charge is 0.450 e. The number of esters is 1. The summed E-state index contributed by atoms with van der Waals surface area (Å²) in [6, 6.07) is 0. The van der Waals surface area contributed by atoms with Crippen molar-refractivity contribution in [3.63, 3.8) is 0 Å². The van der Waals surface area contributed by atoms with Gasteiger partial charge in [0.25, 0.3) is 0 Å². The lowest BCUT2D eigenvalue weighted by atomic mass is 10.1. The van der Waals surface area contributed by atoms with Crippen molar-refractivity contribution in [2.45, 2.75) is 83.5 Å². The Morgan fingerprint density at radius 3 is 2.16 bits per heavy atom. The van der Waals surface area contributed by atoms with Gasteiger partial charge in [0, 0.05) is 6.42 Å². The van der Waals surface area contributed by atoms with Crippen LogP contribution >= 0.6 is 11.8 Å². The lowest BCUT2D eigenvalue weighted by Gasteiger charge is -2.08. The van der Waals surface area contributed by atoms with Crippen LogP contribution in [0.15, 0.2) is 0 Å². The molecule has 0 aliphatic heterocycles. The summed E-state index contributed by atoms with van der Waals surface area (Å²) >= 11 is 0.979. The fourth-order valence-corrected chi connectivity index (χ4v) is 2.23. The molecule has 0 aliphatic carbocycles. The molecular weight excluding hydrogens is 258 g/mol. The molecule has 0 amide bonds. The van der Waals surface area contributed by atoms with Crippen molar-refractivity contribution in [2.75, 3.05) is 0 Å². The minimum Gasteiger partial charge on any atom is -0.450 e. The van der Waals surface area contributed by atoms with Crippen molar-refractivity contribution in [1.82, 2.24) is 0 Å². The van der Waals surface area contributed by atoms with E-state index >= 15 is 0 Å². The molecule has 19 heavy (non-hydrogen) atoms. The molecule has 0 rings (SSSR count). The minimum atomic E-state index is -0.351. The molecule has 110 valence electrons. The summed E-state index contributed by atoms with van der Waals surface area (Å²) in [5.74, 6) is -0.182. The third-order valence-electron chi connectivity index (χ3n) is 3.00. The second-order valence-corrected chi connectivity index (χ2v) is 5.93. The number of unbranched alkanes of at least 4 members (excludes halogenated alkanes) is 8. The monoisotopic (exact) mass is 285 g/mol. The number of rotatable bonds is 12. The Hall–Kier alpha value is -0.690. The highest BCUT2D eigenvalue weighted by molar-refractivity contribution is 8.04. The van der Waals surface area contributed by atoms with Gasteiger partial charge in [-0.1, -0.05) is 58.3 Å². The predicted molar refractivity (Wildman–Crippen MR) is 80.6 cm³/mol. The Balaban J connectivity index is 3.25. The molecule has 1 unspecified atom stereocenters. The first-order chi connectivity index (χ1) is 9.20. The quantitative estimate of drug-likeness (QED) is 0.219. The standard InChI is InChI=1S/C15H27NO2S/c1-3-4-5-6-7-8-9-10-11-12-15(17)18-14(2)19-13-16/h14H,3-12H2,1-2H3. The zero-order chi connectivity index (χ0) is 14.3. The molecular formula is C15H27NO2S. The van der Waals surface area contributed by atoms with Gasteiger partial charge >= 0.3 is 5.97 Å². The normalized spacial score (nSPS) is 11.8. The maximum atomic E-state index is 11.4. The maximum absolute atomic E-state index is 11.4. The van der Waals surface area contributed by atoms with E-state index in [2.05, 4.69) is 6.92 Å². The molecule has 0 aromatic rings. The van der Waals surface area contributed by atoms with Gasteiger partial charge in [-0.3, -0.25) is 4.79 Å². The third kappa shape index (κ3) is 13.5. The van der Waals surface area contributed by atoms with Crippen LogP contribution < -0.4 is 0 Å². The summed E-state index contributed by atoms with van der Waals surface area (Å²) in [6.07, 6.45) is 11.6. The van der Waals surface area contributed by atoms with E-state index in [1.807, 2.05) is 5.40 Å². The van der Waals surface area contributed by atoms with Crippen LogP contribution in [-0.4, -0.2) is 11.4 Å². The Morgan fingerprint density at radius 1 is 1.11 bits per heavy atom. The number of thiocyanates is 1. The number of nitrogens with zero attached hydrogens (tertiary/aromatic N) is 1. The number of hydrogen-bond donors (Lipinski definition) is 0. The zero-order valence-corrected chi connectivity index (χ0v) is 13.1. The van der Waals surface area contributed by atoms with Crippen LogP contribution in [0.3, 0.4) is 0 Å². The van der Waals surface area contributed by atoms with E-state index in [0.29, 0.717) is 6.42 Å². The highest BCUT2D eigenvalue weighted by Gasteiger charge is 2.08. The average Bonchev–Trinajstić information content (AvgIpc) is 2.37. The Morgan fingerprint density at radius 2 is 1.63 bits per heavy atom. The molecule has 0 aromatic heterocycles. The Bertz CT molecular complexity index is 263. The van der Waals surface area contributed by atoms with Crippen LogP contribution in [0.1, 0.15) is 78.1 Å². The molecule has 0 aromatic carbocycles. The number of hydrogen-bond acceptors (Lipinski definition) is 4. The van der Waals surface area contributed by atoms with E-state index in [1.165, 1.54) is 44.9 Å². The first-order valence-corrected chi connectivity index (χ1v) is 8.33. The first-order valence-electron chi connectivity index (χ1n) is 7.45. The van der Waals surface area contributed by atoms with E-state index < -0.39 is 0 Å². The second-order valence-electron chi connectivity index (χ2n) is 4.85. The third-order valence-corrected chi connectivity index (χ3v) is 3.53. The van der Waals surface area contributed by atoms with Gasteiger partial charge in [-0.2, -0.15) is 5.26 Å². The van der Waals surface area contributed by atoms with E-state index in [-0.39, 0.29) is 11.4 Å². The van der Waals surface area contributed by atoms with Gasteiger partial charge in [0.05, 0.1) is 0 Å². The first kappa shape index (κ1) is 18.3. The smallest absolute Gasteiger partial charge is 0.306 e. The van der Waals surface area contributed by atoms with Gasteiger partial charge in [-0.25, -0.2) is 0 Å². The molecule has 1 atom stereocenters. The summed E-state index contributed by atoms with van der Waals surface area (Å²) in [4.78, 5) is 11.4. The van der Waals surface area contributed by atoms with E-state index in [0.717, 1.165) is 24.6 Å². The molecule has 0 heterocycles. The summed E-state index contributed by atoms with van der Waals surface area (Å²) in [5, 5.41) is 10.3. The van der Waals surface area contributed by atoms with Gasteiger partial charge in [0.1, 0.15) is 5.40 Å². The van der Waals surface area contributed by atoms with Gasteiger partial charge in [0.15, 0.2) is 5.44 Å². The van der Waals surface area contributed by atoms with Crippen LogP contribution in [0.5, 0.6) is 0 Å². The minimum absolute atomic E-state index is 0.182. The molecule has 0 fully saturated rings. The molecule has 3 nitrogen and oxygen atoms in total. The molecule has 0 aliphatic rings. The summed E-state index contributed by atoms with van der Waals surface area (Å²) in [7, 11) is 0. The lowest BCUT2D eigenvalue weighted by Crippen LogP contribution is -2.10. The van der Waals surface area contributed by atoms with Gasteiger partial charge in [0.2, 0.25) is 0 Å². The zero-order valence-electron chi connectivity index (χ0n) is 12.3. The fourth-order valence-electron chi connectivity index (χ4n) is 1.92. The van der Waals surface area contributed by atoms with E-state index in [4.69, 9.17) is 10.00 Å². The number of thioether (sulfide) groups is 1. The Kier molecular flexibility index (Phi) is 13.2. The average molecular weight is 285 g/mol. The second kappa shape index (κ2) is 13.7.